The Morgan fingerprint density at radius 2 is 1.98 bits per heavy atom. The van der Waals surface area contributed by atoms with Gasteiger partial charge in [-0.1, -0.05) is 29.8 Å². The van der Waals surface area contributed by atoms with E-state index in [9.17, 15) is 28.2 Å². The fourth-order valence-electron chi connectivity index (χ4n) is 8.03. The highest BCUT2D eigenvalue weighted by atomic mass is 35.5. The van der Waals surface area contributed by atoms with E-state index in [2.05, 4.69) is 11.0 Å². The molecule has 46 heavy (non-hydrogen) atoms. The third-order valence-electron chi connectivity index (χ3n) is 10.7. The second-order valence-corrected chi connectivity index (χ2v) is 15.8. The summed E-state index contributed by atoms with van der Waals surface area (Å²) in [5.41, 5.74) is 3.09. The second kappa shape index (κ2) is 12.8. The van der Waals surface area contributed by atoms with Gasteiger partial charge in [0.15, 0.2) is 0 Å². The number of nitrogens with zero attached hydrogens (tertiary/aromatic N) is 2. The van der Waals surface area contributed by atoms with Gasteiger partial charge in [0.1, 0.15) is 5.75 Å². The van der Waals surface area contributed by atoms with Crippen LogP contribution in [0.25, 0.3) is 0 Å². The van der Waals surface area contributed by atoms with Gasteiger partial charge in [0.05, 0.1) is 29.2 Å². The van der Waals surface area contributed by atoms with Crippen molar-refractivity contribution in [2.45, 2.75) is 62.2 Å². The van der Waals surface area contributed by atoms with E-state index in [4.69, 9.17) is 21.5 Å². The fraction of sp³-hybridized carbons (Fsp3) is 0.529. The third kappa shape index (κ3) is 6.52. The van der Waals surface area contributed by atoms with Crippen molar-refractivity contribution in [3.05, 3.63) is 70.3 Å². The Kier molecular flexibility index (Phi) is 9.14. The maximum absolute atomic E-state index is 12.2. The van der Waals surface area contributed by atoms with E-state index in [-0.39, 0.29) is 41.2 Å². The zero-order chi connectivity index (χ0) is 32.8. The Balaban J connectivity index is 1.21. The number of aliphatic hydroxyl groups excluding tert-OH is 1. The number of hydrogen-bond acceptors (Lipinski definition) is 7. The third-order valence-corrected chi connectivity index (χ3v) is 12.3. The topological polar surface area (TPSA) is 150 Å². The van der Waals surface area contributed by atoms with Crippen LogP contribution >= 0.6 is 11.6 Å². The summed E-state index contributed by atoms with van der Waals surface area (Å²) in [6.07, 6.45) is 7.87. The molecule has 1 amide bonds. The SMILES string of the molecule is CC(=O)N1C[C@H](C/C=C/C(O)[C@@H]2CC[C@H]2CN2C[C@@]3(CCCc4cc(Cl)ccc43)COc3ccc(C(=O)O)cc32)[C@@H](S(N)(=O)=O)C1. The van der Waals surface area contributed by atoms with Crippen LogP contribution in [-0.4, -0.2) is 79.5 Å². The normalized spacial score (nSPS) is 28.3. The molecule has 0 aromatic heterocycles. The van der Waals surface area contributed by atoms with Gasteiger partial charge >= 0.3 is 5.97 Å². The summed E-state index contributed by atoms with van der Waals surface area (Å²) in [5.74, 6) is -0.719. The van der Waals surface area contributed by atoms with Gasteiger partial charge in [-0.25, -0.2) is 18.4 Å². The Morgan fingerprint density at radius 1 is 1.17 bits per heavy atom. The molecule has 1 unspecified atom stereocenters. The number of rotatable bonds is 8. The number of sulfonamides is 1. The van der Waals surface area contributed by atoms with Crippen LogP contribution < -0.4 is 14.8 Å². The van der Waals surface area contributed by atoms with Gasteiger partial charge in [0.25, 0.3) is 0 Å². The number of fused-ring (bicyclic) bond motifs is 3. The van der Waals surface area contributed by atoms with Crippen molar-refractivity contribution in [3.63, 3.8) is 0 Å². The molecule has 2 aliphatic carbocycles. The van der Waals surface area contributed by atoms with E-state index in [0.717, 1.165) is 37.8 Å². The summed E-state index contributed by atoms with van der Waals surface area (Å²) in [5, 5.41) is 26.4. The number of benzene rings is 2. The number of carboxylic acids is 1. The first-order valence-electron chi connectivity index (χ1n) is 16.0. The number of primary sulfonamides is 1. The molecule has 0 radical (unpaired) electrons. The Labute approximate surface area is 275 Å². The van der Waals surface area contributed by atoms with Gasteiger partial charge in [0.2, 0.25) is 15.9 Å². The monoisotopic (exact) mass is 671 g/mol. The number of carbonyl (C=O) groups is 2. The van der Waals surface area contributed by atoms with Crippen molar-refractivity contribution in [3.8, 4) is 5.75 Å². The van der Waals surface area contributed by atoms with E-state index in [1.54, 1.807) is 24.3 Å². The lowest BCUT2D eigenvalue weighted by Gasteiger charge is -2.45. The summed E-state index contributed by atoms with van der Waals surface area (Å²) >= 11 is 6.37. The number of nitrogens with two attached hydrogens (primary N) is 1. The van der Waals surface area contributed by atoms with Gasteiger partial charge < -0.3 is 24.7 Å². The number of anilines is 1. The van der Waals surface area contributed by atoms with E-state index in [1.165, 1.54) is 23.0 Å². The maximum atomic E-state index is 12.2. The largest absolute Gasteiger partial charge is 0.490 e. The first-order chi connectivity index (χ1) is 21.8. The molecule has 4 N–H and O–H groups in total. The molecular weight excluding hydrogens is 630 g/mol. The number of halogens is 1. The fourth-order valence-corrected chi connectivity index (χ4v) is 9.35. The molecule has 10 nitrogen and oxygen atoms in total. The Bertz CT molecular complexity index is 1650. The predicted molar refractivity (Wildman–Crippen MR) is 176 cm³/mol. The minimum atomic E-state index is -3.82. The number of ether oxygens (including phenoxy) is 1. The lowest BCUT2D eigenvalue weighted by molar-refractivity contribution is -0.127. The lowest BCUT2D eigenvalue weighted by Crippen LogP contribution is -2.49. The van der Waals surface area contributed by atoms with Crippen molar-refractivity contribution in [1.29, 1.82) is 0 Å². The maximum Gasteiger partial charge on any atom is 0.335 e. The number of amides is 1. The zero-order valence-electron chi connectivity index (χ0n) is 26.0. The molecule has 1 saturated carbocycles. The van der Waals surface area contributed by atoms with Crippen LogP contribution in [0.1, 0.15) is 60.5 Å². The molecule has 6 atom stereocenters. The van der Waals surface area contributed by atoms with Crippen molar-refractivity contribution in [2.75, 3.05) is 37.7 Å². The highest BCUT2D eigenvalue weighted by Crippen LogP contribution is 2.46. The molecule has 1 spiro atoms. The van der Waals surface area contributed by atoms with Crippen LogP contribution in [0.2, 0.25) is 5.02 Å². The molecule has 2 aromatic rings. The number of hydrogen-bond donors (Lipinski definition) is 3. The summed E-state index contributed by atoms with van der Waals surface area (Å²) in [7, 11) is -3.82. The smallest absolute Gasteiger partial charge is 0.335 e. The molecule has 2 aliphatic heterocycles. The number of likely N-dealkylation sites (tertiary alicyclic amines) is 1. The van der Waals surface area contributed by atoms with Crippen LogP contribution in [0.4, 0.5) is 5.69 Å². The van der Waals surface area contributed by atoms with Crippen molar-refractivity contribution >= 4 is 39.2 Å². The van der Waals surface area contributed by atoms with Crippen molar-refractivity contribution in [1.82, 2.24) is 4.90 Å². The average Bonchev–Trinajstić information content (AvgIpc) is 3.36. The summed E-state index contributed by atoms with van der Waals surface area (Å²) in [4.78, 5) is 27.6. The van der Waals surface area contributed by atoms with Crippen LogP contribution in [0.15, 0.2) is 48.6 Å². The second-order valence-electron chi connectivity index (χ2n) is 13.6. The number of aryl methyl sites for hydroxylation is 1. The highest BCUT2D eigenvalue weighted by molar-refractivity contribution is 7.89. The Hall–Kier alpha value is -3.12. The van der Waals surface area contributed by atoms with E-state index in [0.29, 0.717) is 43.4 Å². The average molecular weight is 672 g/mol. The van der Waals surface area contributed by atoms with Gasteiger partial charge in [-0.2, -0.15) is 0 Å². The van der Waals surface area contributed by atoms with Crippen molar-refractivity contribution in [2.24, 2.45) is 22.9 Å². The minimum absolute atomic E-state index is 0.00809. The highest BCUT2D eigenvalue weighted by Gasteiger charge is 2.44. The molecule has 12 heteroatoms. The molecule has 1 saturated heterocycles. The first-order valence-corrected chi connectivity index (χ1v) is 18.0. The standard InChI is InChI=1S/C34H42ClN3O7S/c1-21(39)37-17-25(32(18-37)46(36,43)44)4-2-6-30(40)27-10-7-24(27)16-38-19-34(13-3-5-22-14-26(35)9-11-28(22)34)20-45-31-12-8-23(33(41)42)15-29(31)38/h2,6,8-9,11-12,14-15,24-25,27,30,32,40H,3-5,7,10,13,16-20H2,1H3,(H,41,42)(H2,36,43,44)/b6-2+/t24-,25-,27+,30?,32-,34-/m0/s1. The first kappa shape index (κ1) is 32.8. The summed E-state index contributed by atoms with van der Waals surface area (Å²) in [6.45, 7) is 3.57. The molecule has 2 fully saturated rings. The van der Waals surface area contributed by atoms with Gasteiger partial charge in [-0.3, -0.25) is 4.79 Å². The predicted octanol–water partition coefficient (Wildman–Crippen LogP) is 3.98. The van der Waals surface area contributed by atoms with E-state index >= 15 is 0 Å². The van der Waals surface area contributed by atoms with Gasteiger partial charge in [-0.05, 0) is 97.7 Å². The molecule has 248 valence electrons. The van der Waals surface area contributed by atoms with E-state index < -0.39 is 27.3 Å². The zero-order valence-corrected chi connectivity index (χ0v) is 27.5. The molecule has 6 rings (SSSR count). The van der Waals surface area contributed by atoms with Crippen LogP contribution in [0, 0.1) is 17.8 Å². The number of carboxylic acid groups (broad SMARTS) is 1. The number of allylic oxidation sites excluding steroid dienone is 1. The van der Waals surface area contributed by atoms with Crippen LogP contribution in [0.5, 0.6) is 5.75 Å². The van der Waals surface area contributed by atoms with Crippen molar-refractivity contribution < 1.29 is 33.0 Å². The number of carbonyl (C=O) groups excluding carboxylic acids is 1. The number of aliphatic hydroxyl groups is 1. The molecule has 2 aromatic carbocycles. The van der Waals surface area contributed by atoms with Gasteiger partial charge in [-0.15, -0.1) is 0 Å². The molecular formula is C34H42ClN3O7S. The van der Waals surface area contributed by atoms with E-state index in [1.807, 2.05) is 18.2 Å². The number of aromatic carboxylic acids is 1. The van der Waals surface area contributed by atoms with Crippen LogP contribution in [-0.2, 0) is 26.7 Å². The lowest BCUT2D eigenvalue weighted by atomic mass is 9.68. The minimum Gasteiger partial charge on any atom is -0.490 e. The summed E-state index contributed by atoms with van der Waals surface area (Å²) < 4.78 is 30.8. The quantitative estimate of drug-likeness (QED) is 0.357. The molecule has 4 aliphatic rings. The van der Waals surface area contributed by atoms with Crippen LogP contribution in [0.3, 0.4) is 0 Å². The Morgan fingerprint density at radius 3 is 2.67 bits per heavy atom. The van der Waals surface area contributed by atoms with Gasteiger partial charge in [0, 0.05) is 43.5 Å². The molecule has 2 heterocycles. The summed E-state index contributed by atoms with van der Waals surface area (Å²) in [6, 6.07) is 11.1. The molecule has 0 bridgehead atoms.